The summed E-state index contributed by atoms with van der Waals surface area (Å²) in [7, 11) is 0. The van der Waals surface area contributed by atoms with Crippen LogP contribution in [0.3, 0.4) is 0 Å². The van der Waals surface area contributed by atoms with Crippen molar-refractivity contribution in [3.8, 4) is 5.69 Å². The highest BCUT2D eigenvalue weighted by Crippen LogP contribution is 2.35. The van der Waals surface area contributed by atoms with E-state index in [0.717, 1.165) is 40.7 Å². The summed E-state index contributed by atoms with van der Waals surface area (Å²) in [6.07, 6.45) is 4.31. The Morgan fingerprint density at radius 2 is 1.92 bits per heavy atom. The minimum Gasteiger partial charge on any atom is -0.268 e. The van der Waals surface area contributed by atoms with E-state index in [9.17, 15) is 4.79 Å². The van der Waals surface area contributed by atoms with Gasteiger partial charge in [-0.15, -0.1) is 33.1 Å². The molecule has 4 aromatic rings. The molecule has 3 aromatic heterocycles. The summed E-state index contributed by atoms with van der Waals surface area (Å²) < 4.78 is 3.64. The van der Waals surface area contributed by atoms with Gasteiger partial charge in [-0.05, 0) is 50.3 Å². The lowest BCUT2D eigenvalue weighted by Gasteiger charge is -2.12. The van der Waals surface area contributed by atoms with E-state index in [2.05, 4.69) is 10.2 Å². The first kappa shape index (κ1) is 16.0. The number of nitrogens with zero attached hydrogens (tertiary/aromatic N) is 4. The number of alkyl halides is 1. The Labute approximate surface area is 158 Å². The van der Waals surface area contributed by atoms with Gasteiger partial charge in [-0.2, -0.15) is 0 Å². The van der Waals surface area contributed by atoms with Gasteiger partial charge in [0.05, 0.1) is 17.0 Å². The van der Waals surface area contributed by atoms with Gasteiger partial charge in [-0.1, -0.05) is 17.7 Å². The summed E-state index contributed by atoms with van der Waals surface area (Å²) >= 11 is 7.82. The molecule has 0 saturated carbocycles. The van der Waals surface area contributed by atoms with Crippen molar-refractivity contribution in [2.24, 2.45) is 0 Å². The molecule has 3 heterocycles. The zero-order valence-corrected chi connectivity index (χ0v) is 15.9. The number of fused-ring (bicyclic) bond motifs is 5. The van der Waals surface area contributed by atoms with E-state index in [1.165, 1.54) is 16.9 Å². The predicted molar refractivity (Wildman–Crippen MR) is 105 cm³/mol. The Balaban J connectivity index is 1.98. The summed E-state index contributed by atoms with van der Waals surface area (Å²) in [5.41, 5.74) is 3.15. The summed E-state index contributed by atoms with van der Waals surface area (Å²) in [5, 5.41) is 9.36. The fourth-order valence-electron chi connectivity index (χ4n) is 3.81. The number of hydrogen-bond donors (Lipinski definition) is 0. The molecule has 0 radical (unpaired) electrons. The van der Waals surface area contributed by atoms with Crippen molar-refractivity contribution in [1.82, 2.24) is 19.2 Å². The minimum atomic E-state index is -0.00993. The minimum absolute atomic E-state index is 0.00993. The number of halogens is 1. The standard InChI is InChI=1S/C19H17ClN4OS/c1-11-6-8-12(9-7-11)23-17(25)16-13-4-2-3-5-14(13)26-18(16)24-15(10-20)21-22-19(23)24/h6-9H,2-5,10H2,1H3. The van der Waals surface area contributed by atoms with Gasteiger partial charge in [0, 0.05) is 4.88 Å². The average molecular weight is 385 g/mol. The number of hydrogen-bond acceptors (Lipinski definition) is 4. The van der Waals surface area contributed by atoms with Crippen LogP contribution in [-0.2, 0) is 18.7 Å². The fraction of sp³-hybridized carbons (Fsp3) is 0.316. The molecule has 0 amide bonds. The van der Waals surface area contributed by atoms with Crippen molar-refractivity contribution < 1.29 is 0 Å². The van der Waals surface area contributed by atoms with Gasteiger partial charge in [0.1, 0.15) is 4.83 Å². The molecule has 1 aliphatic rings. The third-order valence-electron chi connectivity index (χ3n) is 5.10. The number of rotatable bonds is 2. The van der Waals surface area contributed by atoms with Crippen LogP contribution in [-0.4, -0.2) is 19.2 Å². The van der Waals surface area contributed by atoms with Gasteiger partial charge in [-0.3, -0.25) is 9.20 Å². The SMILES string of the molecule is Cc1ccc(-n2c(=O)c3c4c(sc3n3c(CCl)nnc23)CCCC4)cc1. The Kier molecular flexibility index (Phi) is 3.65. The smallest absolute Gasteiger partial charge is 0.268 e. The van der Waals surface area contributed by atoms with Crippen molar-refractivity contribution in [3.63, 3.8) is 0 Å². The zero-order chi connectivity index (χ0) is 17.8. The molecule has 132 valence electrons. The molecule has 0 fully saturated rings. The van der Waals surface area contributed by atoms with Crippen LogP contribution in [0.4, 0.5) is 0 Å². The third-order valence-corrected chi connectivity index (χ3v) is 6.61. The van der Waals surface area contributed by atoms with Crippen molar-refractivity contribution in [2.75, 3.05) is 0 Å². The van der Waals surface area contributed by atoms with Gasteiger partial charge in [0.15, 0.2) is 5.82 Å². The van der Waals surface area contributed by atoms with Crippen LogP contribution in [0.15, 0.2) is 29.1 Å². The van der Waals surface area contributed by atoms with Gasteiger partial charge < -0.3 is 0 Å². The van der Waals surface area contributed by atoms with Crippen molar-refractivity contribution >= 4 is 38.9 Å². The molecule has 0 N–H and O–H groups in total. The van der Waals surface area contributed by atoms with Gasteiger partial charge in [0.25, 0.3) is 5.56 Å². The van der Waals surface area contributed by atoms with Gasteiger partial charge in [-0.25, -0.2) is 4.57 Å². The van der Waals surface area contributed by atoms with Crippen LogP contribution in [0.25, 0.3) is 21.7 Å². The maximum atomic E-state index is 13.5. The quantitative estimate of drug-likeness (QED) is 0.490. The Morgan fingerprint density at radius 3 is 2.69 bits per heavy atom. The Bertz CT molecular complexity index is 1200. The third kappa shape index (κ3) is 2.18. The molecule has 26 heavy (non-hydrogen) atoms. The van der Waals surface area contributed by atoms with E-state index in [0.29, 0.717) is 11.6 Å². The second kappa shape index (κ2) is 5.93. The first-order chi connectivity index (χ1) is 12.7. The van der Waals surface area contributed by atoms with E-state index in [1.54, 1.807) is 15.9 Å². The molecule has 5 nitrogen and oxygen atoms in total. The normalized spacial score (nSPS) is 14.2. The lowest BCUT2D eigenvalue weighted by atomic mass is 9.97. The lowest BCUT2D eigenvalue weighted by molar-refractivity contribution is 0.699. The molecule has 0 aliphatic heterocycles. The molecule has 0 spiro atoms. The fourth-order valence-corrected chi connectivity index (χ4v) is 5.38. The summed E-state index contributed by atoms with van der Waals surface area (Å²) in [5.74, 6) is 1.46. The van der Waals surface area contributed by atoms with Crippen LogP contribution in [0.2, 0.25) is 0 Å². The van der Waals surface area contributed by atoms with Crippen LogP contribution in [0, 0.1) is 6.92 Å². The number of benzene rings is 1. The topological polar surface area (TPSA) is 52.2 Å². The zero-order valence-electron chi connectivity index (χ0n) is 14.3. The largest absolute Gasteiger partial charge is 0.268 e. The Morgan fingerprint density at radius 1 is 1.15 bits per heavy atom. The molecule has 0 unspecified atom stereocenters. The molecule has 0 atom stereocenters. The second-order valence-electron chi connectivity index (χ2n) is 6.75. The first-order valence-corrected chi connectivity index (χ1v) is 10.1. The van der Waals surface area contributed by atoms with Crippen LogP contribution in [0.1, 0.15) is 34.7 Å². The number of aryl methyl sites for hydroxylation is 3. The number of aromatic nitrogens is 4. The van der Waals surface area contributed by atoms with E-state index < -0.39 is 0 Å². The second-order valence-corrected chi connectivity index (χ2v) is 8.10. The maximum Gasteiger partial charge on any atom is 0.268 e. The molecule has 5 rings (SSSR count). The average Bonchev–Trinajstić information content (AvgIpc) is 3.24. The molecular formula is C19H17ClN4OS. The summed E-state index contributed by atoms with van der Waals surface area (Å²) in [4.78, 5) is 15.8. The maximum absolute atomic E-state index is 13.5. The van der Waals surface area contributed by atoms with E-state index in [-0.39, 0.29) is 11.4 Å². The molecule has 0 saturated heterocycles. The summed E-state index contributed by atoms with van der Waals surface area (Å²) in [6, 6.07) is 7.92. The van der Waals surface area contributed by atoms with Gasteiger partial charge >= 0.3 is 0 Å². The van der Waals surface area contributed by atoms with Crippen LogP contribution < -0.4 is 5.56 Å². The Hall–Kier alpha value is -2.18. The highest BCUT2D eigenvalue weighted by atomic mass is 35.5. The molecular weight excluding hydrogens is 368 g/mol. The molecule has 7 heteroatoms. The molecule has 0 bridgehead atoms. The van der Waals surface area contributed by atoms with Crippen molar-refractivity contribution in [2.45, 2.75) is 38.5 Å². The summed E-state index contributed by atoms with van der Waals surface area (Å²) in [6.45, 7) is 2.03. The van der Waals surface area contributed by atoms with E-state index >= 15 is 0 Å². The van der Waals surface area contributed by atoms with Crippen molar-refractivity contribution in [1.29, 1.82) is 0 Å². The first-order valence-electron chi connectivity index (χ1n) is 8.75. The van der Waals surface area contributed by atoms with Crippen LogP contribution in [0.5, 0.6) is 0 Å². The van der Waals surface area contributed by atoms with Gasteiger partial charge in [0.2, 0.25) is 5.78 Å². The monoisotopic (exact) mass is 384 g/mol. The molecule has 1 aromatic carbocycles. The predicted octanol–water partition coefficient (Wildman–Crippen LogP) is 4.02. The van der Waals surface area contributed by atoms with Crippen molar-refractivity contribution in [3.05, 3.63) is 56.4 Å². The molecule has 1 aliphatic carbocycles. The highest BCUT2D eigenvalue weighted by molar-refractivity contribution is 7.18. The van der Waals surface area contributed by atoms with Crippen LogP contribution >= 0.6 is 22.9 Å². The lowest BCUT2D eigenvalue weighted by Crippen LogP contribution is -2.22. The van der Waals surface area contributed by atoms with E-state index in [1.807, 2.05) is 35.6 Å². The van der Waals surface area contributed by atoms with E-state index in [4.69, 9.17) is 11.6 Å². The number of thiophene rings is 1. The highest BCUT2D eigenvalue weighted by Gasteiger charge is 2.25.